The maximum Gasteiger partial charge on any atom is 0.256 e. The lowest BCUT2D eigenvalue weighted by Crippen LogP contribution is -2.48. The lowest BCUT2D eigenvalue weighted by atomic mass is 10.0. The smallest absolute Gasteiger partial charge is 0.256 e. The quantitative estimate of drug-likeness (QED) is 0.596. The summed E-state index contributed by atoms with van der Waals surface area (Å²) < 4.78 is 0. The summed E-state index contributed by atoms with van der Waals surface area (Å²) in [5.74, 6) is 0. The van der Waals surface area contributed by atoms with Gasteiger partial charge in [-0.25, -0.2) is 0 Å². The molecular formula is C24H27N3O. The van der Waals surface area contributed by atoms with Gasteiger partial charge in [-0.1, -0.05) is 36.4 Å². The zero-order valence-electron chi connectivity index (χ0n) is 16.7. The third kappa shape index (κ3) is 2.97. The van der Waals surface area contributed by atoms with E-state index in [1.807, 2.05) is 18.2 Å². The molecule has 144 valence electrons. The molecule has 0 spiro atoms. The Hall–Kier alpha value is -2.43. The Morgan fingerprint density at radius 2 is 1.75 bits per heavy atom. The minimum Gasteiger partial charge on any atom is -0.321 e. The van der Waals surface area contributed by atoms with E-state index in [0.717, 1.165) is 55.6 Å². The monoisotopic (exact) mass is 373 g/mol. The molecule has 0 bridgehead atoms. The maximum absolute atomic E-state index is 12.5. The van der Waals surface area contributed by atoms with Crippen LogP contribution in [0, 0.1) is 0 Å². The predicted octanol–water partition coefficient (Wildman–Crippen LogP) is 3.63. The zero-order chi connectivity index (χ0) is 19.3. The van der Waals surface area contributed by atoms with Crippen molar-refractivity contribution < 1.29 is 0 Å². The van der Waals surface area contributed by atoms with Crippen molar-refractivity contribution in [2.75, 3.05) is 26.2 Å². The summed E-state index contributed by atoms with van der Waals surface area (Å²) >= 11 is 0. The molecule has 0 radical (unpaired) electrons. The fourth-order valence-corrected chi connectivity index (χ4v) is 4.77. The number of aromatic nitrogens is 1. The second-order valence-electron chi connectivity index (χ2n) is 8.43. The van der Waals surface area contributed by atoms with Crippen molar-refractivity contribution in [3.63, 3.8) is 0 Å². The molecule has 28 heavy (non-hydrogen) atoms. The van der Waals surface area contributed by atoms with Crippen LogP contribution in [0.15, 0.2) is 47.3 Å². The molecule has 2 heterocycles. The van der Waals surface area contributed by atoms with Gasteiger partial charge in [-0.3, -0.25) is 14.6 Å². The van der Waals surface area contributed by atoms with Gasteiger partial charge in [0.1, 0.15) is 0 Å². The molecule has 2 aromatic carbocycles. The van der Waals surface area contributed by atoms with E-state index in [2.05, 4.69) is 52.9 Å². The molecule has 0 saturated carbocycles. The molecule has 4 heteroatoms. The van der Waals surface area contributed by atoms with Gasteiger partial charge < -0.3 is 4.98 Å². The molecule has 1 aliphatic heterocycles. The van der Waals surface area contributed by atoms with Crippen LogP contribution in [0.3, 0.4) is 0 Å². The average molecular weight is 374 g/mol. The first-order valence-corrected chi connectivity index (χ1v) is 10.3. The molecule has 3 aromatic rings. The number of benzene rings is 2. The van der Waals surface area contributed by atoms with Crippen LogP contribution in [-0.2, 0) is 13.0 Å². The Morgan fingerprint density at radius 1 is 1.00 bits per heavy atom. The van der Waals surface area contributed by atoms with Gasteiger partial charge in [-0.05, 0) is 42.0 Å². The van der Waals surface area contributed by atoms with Crippen molar-refractivity contribution in [1.29, 1.82) is 0 Å². The van der Waals surface area contributed by atoms with E-state index < -0.39 is 0 Å². The van der Waals surface area contributed by atoms with Crippen molar-refractivity contribution in [2.24, 2.45) is 0 Å². The molecule has 2 aliphatic rings. The number of pyridine rings is 1. The molecule has 5 rings (SSSR count). The number of H-pyrrole nitrogens is 1. The van der Waals surface area contributed by atoms with Gasteiger partial charge in [0.2, 0.25) is 0 Å². The largest absolute Gasteiger partial charge is 0.321 e. The van der Waals surface area contributed by atoms with Crippen LogP contribution in [0.1, 0.15) is 30.5 Å². The Morgan fingerprint density at radius 3 is 2.50 bits per heavy atom. The minimum absolute atomic E-state index is 0.00861. The van der Waals surface area contributed by atoms with Crippen LogP contribution >= 0.6 is 0 Å². The van der Waals surface area contributed by atoms with Crippen molar-refractivity contribution in [2.45, 2.75) is 32.9 Å². The summed E-state index contributed by atoms with van der Waals surface area (Å²) in [4.78, 5) is 20.7. The molecule has 0 unspecified atom stereocenters. The number of nitrogens with zero attached hydrogens (tertiary/aromatic N) is 2. The number of piperazine rings is 1. The van der Waals surface area contributed by atoms with Gasteiger partial charge >= 0.3 is 0 Å². The summed E-state index contributed by atoms with van der Waals surface area (Å²) in [6.45, 7) is 10.1. The third-order valence-electron chi connectivity index (χ3n) is 6.39. The maximum atomic E-state index is 12.5. The Bertz CT molecular complexity index is 1090. The van der Waals surface area contributed by atoms with Crippen LogP contribution in [0.5, 0.6) is 0 Å². The van der Waals surface area contributed by atoms with Crippen molar-refractivity contribution in [3.8, 4) is 11.3 Å². The summed E-state index contributed by atoms with van der Waals surface area (Å²) in [5, 5.41) is 1.88. The zero-order valence-corrected chi connectivity index (χ0v) is 16.7. The molecule has 1 fully saturated rings. The molecule has 1 saturated heterocycles. The van der Waals surface area contributed by atoms with Crippen LogP contribution in [0.25, 0.3) is 22.0 Å². The summed E-state index contributed by atoms with van der Waals surface area (Å²) in [6.07, 6.45) is 0.900. The first kappa shape index (κ1) is 17.7. The first-order valence-electron chi connectivity index (χ1n) is 10.3. The molecule has 0 atom stereocenters. The van der Waals surface area contributed by atoms with Crippen molar-refractivity contribution >= 4 is 10.8 Å². The summed E-state index contributed by atoms with van der Waals surface area (Å²) in [5.41, 5.74) is 6.17. The van der Waals surface area contributed by atoms with Gasteiger partial charge in [0.15, 0.2) is 0 Å². The molecule has 1 N–H and O–H groups in total. The van der Waals surface area contributed by atoms with E-state index in [9.17, 15) is 4.79 Å². The number of aromatic amines is 1. The van der Waals surface area contributed by atoms with E-state index in [1.54, 1.807) is 0 Å². The summed E-state index contributed by atoms with van der Waals surface area (Å²) in [7, 11) is 0. The van der Waals surface area contributed by atoms with Gasteiger partial charge in [0, 0.05) is 56.1 Å². The molecule has 1 aromatic heterocycles. The average Bonchev–Trinajstić information content (AvgIpc) is 3.06. The van der Waals surface area contributed by atoms with Gasteiger partial charge in [0.05, 0.1) is 5.69 Å². The third-order valence-corrected chi connectivity index (χ3v) is 6.39. The van der Waals surface area contributed by atoms with Crippen LogP contribution < -0.4 is 5.56 Å². The van der Waals surface area contributed by atoms with Gasteiger partial charge in [0.25, 0.3) is 5.56 Å². The standard InChI is InChI=1S/C24H27N3O/c1-16(2)27-11-9-26(10-12-27)15-17-7-8-19-18(13-17)14-22-20-5-3-4-6-21(20)24(28)25-23(19)22/h3-8,13,16H,9-12,14-15H2,1-2H3,(H,25,28). The summed E-state index contributed by atoms with van der Waals surface area (Å²) in [6, 6.07) is 15.4. The first-order chi connectivity index (χ1) is 13.6. The number of hydrogen-bond donors (Lipinski definition) is 1. The van der Waals surface area contributed by atoms with Crippen molar-refractivity contribution in [1.82, 2.24) is 14.8 Å². The van der Waals surface area contributed by atoms with Crippen molar-refractivity contribution in [3.05, 3.63) is 69.5 Å². The van der Waals surface area contributed by atoms with Crippen LogP contribution in [-0.4, -0.2) is 47.0 Å². The fraction of sp³-hybridized carbons (Fsp3) is 0.375. The van der Waals surface area contributed by atoms with Crippen LogP contribution in [0.2, 0.25) is 0 Å². The van der Waals surface area contributed by atoms with Gasteiger partial charge in [-0.15, -0.1) is 0 Å². The number of rotatable bonds is 3. The number of nitrogens with one attached hydrogen (secondary N) is 1. The SMILES string of the molecule is CC(C)N1CCN(Cc2ccc3c(c2)Cc2c-3[nH]c(=O)c3ccccc23)CC1. The molecule has 4 nitrogen and oxygen atoms in total. The normalized spacial score (nSPS) is 17.2. The minimum atomic E-state index is 0.00861. The molecule has 1 aliphatic carbocycles. The highest BCUT2D eigenvalue weighted by atomic mass is 16.1. The topological polar surface area (TPSA) is 39.3 Å². The fourth-order valence-electron chi connectivity index (χ4n) is 4.77. The highest BCUT2D eigenvalue weighted by Crippen LogP contribution is 2.38. The second kappa shape index (κ2) is 6.87. The Kier molecular flexibility index (Phi) is 4.33. The number of fused-ring (bicyclic) bond motifs is 5. The second-order valence-corrected chi connectivity index (χ2v) is 8.43. The van der Waals surface area contributed by atoms with Gasteiger partial charge in [-0.2, -0.15) is 0 Å². The molecular weight excluding hydrogens is 346 g/mol. The highest BCUT2D eigenvalue weighted by Gasteiger charge is 2.24. The highest BCUT2D eigenvalue weighted by molar-refractivity contribution is 5.92. The number of hydrogen-bond acceptors (Lipinski definition) is 3. The van der Waals surface area contributed by atoms with E-state index in [-0.39, 0.29) is 5.56 Å². The van der Waals surface area contributed by atoms with E-state index in [4.69, 9.17) is 0 Å². The van der Waals surface area contributed by atoms with E-state index in [1.165, 1.54) is 22.3 Å². The van der Waals surface area contributed by atoms with E-state index in [0.29, 0.717) is 6.04 Å². The predicted molar refractivity (Wildman–Crippen MR) is 115 cm³/mol. The lowest BCUT2D eigenvalue weighted by Gasteiger charge is -2.37. The Labute approximate surface area is 165 Å². The Balaban J connectivity index is 1.40. The van der Waals surface area contributed by atoms with E-state index >= 15 is 0 Å². The molecule has 0 amide bonds. The lowest BCUT2D eigenvalue weighted by molar-refractivity contribution is 0.104. The van der Waals surface area contributed by atoms with Crippen LogP contribution in [0.4, 0.5) is 0 Å².